The van der Waals surface area contributed by atoms with Gasteiger partial charge in [0.1, 0.15) is 30.9 Å². The van der Waals surface area contributed by atoms with Crippen LogP contribution in [0.15, 0.2) is 23.2 Å². The van der Waals surface area contributed by atoms with E-state index < -0.39 is 21.4 Å². The van der Waals surface area contributed by atoms with Gasteiger partial charge in [0.05, 0.1) is 6.54 Å². The Morgan fingerprint density at radius 2 is 1.91 bits per heavy atom. The highest BCUT2D eigenvalue weighted by atomic mass is 32.2. The fourth-order valence-corrected chi connectivity index (χ4v) is 5.09. The number of hydrogen-bond donors (Lipinski definition) is 0. The molecular weight excluding hydrogens is 447 g/mol. The second-order valence-corrected chi connectivity index (χ2v) is 10.7. The van der Waals surface area contributed by atoms with Gasteiger partial charge in [0.25, 0.3) is 0 Å². The van der Waals surface area contributed by atoms with Crippen molar-refractivity contribution >= 4 is 15.6 Å². The highest BCUT2D eigenvalue weighted by Gasteiger charge is 2.29. The van der Waals surface area contributed by atoms with Crippen molar-refractivity contribution in [2.75, 3.05) is 19.0 Å². The van der Waals surface area contributed by atoms with E-state index in [0.29, 0.717) is 29.1 Å². The fraction of sp³-hybridized carbons (Fsp3) is 0.500. The minimum absolute atomic E-state index is 0.0146. The Balaban J connectivity index is 1.80. The maximum absolute atomic E-state index is 14.1. The number of halogens is 1. The van der Waals surface area contributed by atoms with Gasteiger partial charge in [-0.2, -0.15) is 5.10 Å². The van der Waals surface area contributed by atoms with E-state index in [9.17, 15) is 17.6 Å². The van der Waals surface area contributed by atoms with Crippen molar-refractivity contribution in [2.24, 2.45) is 0 Å². The predicted octanol–water partition coefficient (Wildman–Crippen LogP) is 3.27. The third-order valence-corrected chi connectivity index (χ3v) is 7.03. The average Bonchev–Trinajstić information content (AvgIpc) is 3.17. The molecule has 178 valence electrons. The van der Waals surface area contributed by atoms with Crippen LogP contribution in [0, 0.1) is 18.2 Å². The van der Waals surface area contributed by atoms with Crippen molar-refractivity contribution in [2.45, 2.75) is 63.6 Å². The first-order valence-electron chi connectivity index (χ1n) is 10.8. The minimum Gasteiger partial charge on any atom is -0.475 e. The van der Waals surface area contributed by atoms with Crippen LogP contribution in [0.25, 0.3) is 0 Å². The molecule has 7 nitrogen and oxygen atoms in total. The molecule has 1 aromatic heterocycles. The maximum atomic E-state index is 14.1. The Labute approximate surface area is 194 Å². The number of fused-ring (bicyclic) bond motifs is 1. The zero-order valence-corrected chi connectivity index (χ0v) is 20.1. The number of aromatic nitrogens is 2. The van der Waals surface area contributed by atoms with Gasteiger partial charge < -0.3 is 9.47 Å². The SMILES string of the molecule is C#CCOC1COc2cc(S(=O)(=O)CC(=O)Cc3c(C(C)C)cc(F)cc3C(C)C)nn2C1. The number of ketones is 1. The third kappa shape index (κ3) is 5.81. The Hall–Kier alpha value is -2.70. The lowest BCUT2D eigenvalue weighted by molar-refractivity contribution is -0.116. The van der Waals surface area contributed by atoms with E-state index in [2.05, 4.69) is 11.0 Å². The molecule has 1 aromatic carbocycles. The van der Waals surface area contributed by atoms with Crippen LogP contribution in [-0.2, 0) is 32.3 Å². The lowest BCUT2D eigenvalue weighted by Crippen LogP contribution is -2.32. The number of nitrogens with zero attached hydrogens (tertiary/aromatic N) is 2. The van der Waals surface area contributed by atoms with Crippen LogP contribution in [0.3, 0.4) is 0 Å². The van der Waals surface area contributed by atoms with Gasteiger partial charge in [-0.05, 0) is 40.7 Å². The Kier molecular flexibility index (Phi) is 7.60. The molecule has 0 saturated heterocycles. The lowest BCUT2D eigenvalue weighted by Gasteiger charge is -2.23. The number of carbonyl (C=O) groups is 1. The summed E-state index contributed by atoms with van der Waals surface area (Å²) in [5.74, 6) is 1.10. The number of benzene rings is 1. The number of ether oxygens (including phenoxy) is 2. The molecule has 0 spiro atoms. The van der Waals surface area contributed by atoms with Gasteiger partial charge in [-0.15, -0.1) is 6.42 Å². The van der Waals surface area contributed by atoms with Crippen LogP contribution in [0.4, 0.5) is 4.39 Å². The molecule has 1 aliphatic rings. The monoisotopic (exact) mass is 476 g/mol. The summed E-state index contributed by atoms with van der Waals surface area (Å²) in [6.07, 6.45) is 4.76. The van der Waals surface area contributed by atoms with Gasteiger partial charge in [0.2, 0.25) is 15.7 Å². The summed E-state index contributed by atoms with van der Waals surface area (Å²) in [7, 11) is -3.99. The van der Waals surface area contributed by atoms with Crippen molar-refractivity contribution in [1.29, 1.82) is 0 Å². The average molecular weight is 477 g/mol. The van der Waals surface area contributed by atoms with Crippen LogP contribution < -0.4 is 4.74 Å². The van der Waals surface area contributed by atoms with Crippen molar-refractivity contribution in [3.8, 4) is 18.2 Å². The highest BCUT2D eigenvalue weighted by molar-refractivity contribution is 7.92. The van der Waals surface area contributed by atoms with Crippen LogP contribution >= 0.6 is 0 Å². The van der Waals surface area contributed by atoms with Gasteiger partial charge >= 0.3 is 0 Å². The molecule has 0 N–H and O–H groups in total. The van der Waals surface area contributed by atoms with E-state index in [1.54, 1.807) is 0 Å². The number of terminal acetylenes is 1. The van der Waals surface area contributed by atoms with E-state index >= 15 is 0 Å². The Morgan fingerprint density at radius 3 is 2.48 bits per heavy atom. The predicted molar refractivity (Wildman–Crippen MR) is 122 cm³/mol. The summed E-state index contributed by atoms with van der Waals surface area (Å²) >= 11 is 0. The zero-order chi connectivity index (χ0) is 24.3. The molecule has 0 radical (unpaired) electrons. The van der Waals surface area contributed by atoms with Gasteiger partial charge in [-0.3, -0.25) is 4.79 Å². The van der Waals surface area contributed by atoms with Crippen molar-refractivity contribution < 1.29 is 27.1 Å². The largest absolute Gasteiger partial charge is 0.475 e. The summed E-state index contributed by atoms with van der Waals surface area (Å²) in [5, 5.41) is 3.89. The number of Topliss-reactive ketones (excluding diaryl/α,β-unsaturated/α-hetero) is 1. The topological polar surface area (TPSA) is 87.5 Å². The van der Waals surface area contributed by atoms with Gasteiger partial charge in [0.15, 0.2) is 10.8 Å². The molecule has 0 bridgehead atoms. The van der Waals surface area contributed by atoms with Crippen molar-refractivity contribution in [1.82, 2.24) is 9.78 Å². The molecule has 0 fully saturated rings. The van der Waals surface area contributed by atoms with E-state index in [4.69, 9.17) is 15.9 Å². The van der Waals surface area contributed by atoms with Crippen LogP contribution in [0.5, 0.6) is 5.88 Å². The molecule has 0 amide bonds. The second kappa shape index (κ2) is 10.1. The minimum atomic E-state index is -3.99. The van der Waals surface area contributed by atoms with Crippen molar-refractivity contribution in [3.63, 3.8) is 0 Å². The summed E-state index contributed by atoms with van der Waals surface area (Å²) in [6, 6.07) is 4.16. The van der Waals surface area contributed by atoms with Crippen molar-refractivity contribution in [3.05, 3.63) is 40.7 Å². The molecular formula is C24H29FN2O5S. The molecule has 2 aromatic rings. The first-order valence-corrected chi connectivity index (χ1v) is 12.5. The molecule has 1 aliphatic heterocycles. The summed E-state index contributed by atoms with van der Waals surface area (Å²) in [4.78, 5) is 12.9. The Bertz CT molecular complexity index is 1150. The number of carbonyl (C=O) groups excluding carboxylic acids is 1. The number of sulfone groups is 1. The molecule has 1 unspecified atom stereocenters. The van der Waals surface area contributed by atoms with E-state index in [-0.39, 0.29) is 48.4 Å². The number of rotatable bonds is 9. The number of hydrogen-bond acceptors (Lipinski definition) is 6. The van der Waals surface area contributed by atoms with Crippen LogP contribution in [-0.4, -0.2) is 49.1 Å². The molecule has 1 atom stereocenters. The molecule has 33 heavy (non-hydrogen) atoms. The lowest BCUT2D eigenvalue weighted by atomic mass is 9.86. The summed E-state index contributed by atoms with van der Waals surface area (Å²) < 4.78 is 52.4. The normalized spacial score (nSPS) is 15.9. The van der Waals surface area contributed by atoms with Crippen LogP contribution in [0.2, 0.25) is 0 Å². The Morgan fingerprint density at radius 1 is 1.27 bits per heavy atom. The smallest absolute Gasteiger partial charge is 0.213 e. The van der Waals surface area contributed by atoms with Gasteiger partial charge in [-0.25, -0.2) is 17.5 Å². The molecule has 3 rings (SSSR count). The fourth-order valence-electron chi connectivity index (χ4n) is 3.92. The first kappa shape index (κ1) is 24.9. The summed E-state index contributed by atoms with van der Waals surface area (Å²) in [5.41, 5.74) is 2.13. The maximum Gasteiger partial charge on any atom is 0.213 e. The third-order valence-electron chi connectivity index (χ3n) is 5.49. The van der Waals surface area contributed by atoms with Gasteiger partial charge in [0, 0.05) is 12.5 Å². The molecule has 2 heterocycles. The quantitative estimate of drug-likeness (QED) is 0.517. The van der Waals surface area contributed by atoms with E-state index in [1.807, 2.05) is 27.7 Å². The molecule has 0 aliphatic carbocycles. The summed E-state index contributed by atoms with van der Waals surface area (Å²) in [6.45, 7) is 8.31. The highest BCUT2D eigenvalue weighted by Crippen LogP contribution is 2.30. The molecule has 9 heteroatoms. The first-order chi connectivity index (χ1) is 15.5. The standard InChI is InChI=1S/C24H29FN2O5S/c1-6-7-31-19-12-27-24(32-13-19)11-23(26-27)33(29,30)14-18(28)10-22-20(15(2)3)8-17(25)9-21(22)16(4)5/h1,8-9,11,15-16,19H,7,10,12-14H2,2-5H3. The second-order valence-electron chi connectivity index (χ2n) is 8.80. The van der Waals surface area contributed by atoms with E-state index in [1.165, 1.54) is 22.9 Å². The van der Waals surface area contributed by atoms with Gasteiger partial charge in [-0.1, -0.05) is 33.6 Å². The van der Waals surface area contributed by atoms with Crippen LogP contribution in [0.1, 0.15) is 56.2 Å². The van der Waals surface area contributed by atoms with E-state index in [0.717, 1.165) is 0 Å². The molecule has 0 saturated carbocycles. The zero-order valence-electron chi connectivity index (χ0n) is 19.3.